The number of nitrogens with zero attached hydrogens (tertiary/aromatic N) is 1. The second-order valence-corrected chi connectivity index (χ2v) is 2.97. The third kappa shape index (κ3) is 1.79. The van der Waals surface area contributed by atoms with E-state index in [2.05, 4.69) is 17.6 Å². The first-order valence-corrected chi connectivity index (χ1v) is 3.73. The van der Waals surface area contributed by atoms with Crippen LogP contribution in [0.1, 0.15) is 0 Å². The van der Waals surface area contributed by atoms with Crippen molar-refractivity contribution in [2.75, 3.05) is 0 Å². The van der Waals surface area contributed by atoms with E-state index < -0.39 is 0 Å². The second kappa shape index (κ2) is 2.83. The van der Waals surface area contributed by atoms with Crippen molar-refractivity contribution in [2.45, 2.75) is 4.90 Å². The van der Waals surface area contributed by atoms with Crippen LogP contribution in [0.25, 0.3) is 0 Å². The zero-order valence-electron chi connectivity index (χ0n) is 4.31. The van der Waals surface area contributed by atoms with Crippen LogP contribution in [0, 0.1) is 9.52 Å². The number of rotatable bonds is 0. The van der Waals surface area contributed by atoms with Gasteiger partial charge in [0.2, 0.25) is 0 Å². The molecule has 0 saturated carbocycles. The van der Waals surface area contributed by atoms with E-state index in [9.17, 15) is 4.39 Å². The number of aromatic nitrogens is 1. The molecule has 0 aliphatic carbocycles. The lowest BCUT2D eigenvalue weighted by atomic mass is 10.5. The third-order valence-electron chi connectivity index (χ3n) is 0.787. The number of hydrogen-bond acceptors (Lipinski definition) is 2. The van der Waals surface area contributed by atoms with Crippen molar-refractivity contribution in [3.63, 3.8) is 0 Å². The molecule has 1 nitrogen and oxygen atoms in total. The molecule has 0 spiro atoms. The molecule has 0 unspecified atom stereocenters. The standard InChI is InChI=1S/C5H3FINS/c6-3-1-4(9)5(7)8-2-3/h1-2,9H. The first-order chi connectivity index (χ1) is 4.20. The molecule has 0 aliphatic rings. The maximum absolute atomic E-state index is 12.2. The lowest BCUT2D eigenvalue weighted by Crippen LogP contribution is -1.83. The topological polar surface area (TPSA) is 12.9 Å². The molecular formula is C5H3FINS. The minimum absolute atomic E-state index is 0.347. The average molecular weight is 255 g/mol. The van der Waals surface area contributed by atoms with Crippen molar-refractivity contribution >= 4 is 35.2 Å². The molecule has 0 fully saturated rings. The van der Waals surface area contributed by atoms with Gasteiger partial charge < -0.3 is 0 Å². The van der Waals surface area contributed by atoms with Gasteiger partial charge in [0.15, 0.2) is 0 Å². The molecule has 0 atom stereocenters. The average Bonchev–Trinajstić information content (AvgIpc) is 1.80. The smallest absolute Gasteiger partial charge is 0.142 e. The Morgan fingerprint density at radius 2 is 2.33 bits per heavy atom. The second-order valence-electron chi connectivity index (χ2n) is 1.46. The lowest BCUT2D eigenvalue weighted by Gasteiger charge is -1.92. The van der Waals surface area contributed by atoms with Gasteiger partial charge in [0.1, 0.15) is 9.52 Å². The fourth-order valence-electron chi connectivity index (χ4n) is 0.412. The van der Waals surface area contributed by atoms with Crippen LogP contribution in [0.2, 0.25) is 0 Å². The van der Waals surface area contributed by atoms with Crippen LogP contribution in [0.5, 0.6) is 0 Å². The molecule has 1 aromatic heterocycles. The molecule has 0 N–H and O–H groups in total. The highest BCUT2D eigenvalue weighted by Crippen LogP contribution is 2.13. The maximum atomic E-state index is 12.2. The highest BCUT2D eigenvalue weighted by molar-refractivity contribution is 14.1. The van der Waals surface area contributed by atoms with E-state index >= 15 is 0 Å². The predicted octanol–water partition coefficient (Wildman–Crippen LogP) is 2.11. The molecule has 1 aromatic rings. The van der Waals surface area contributed by atoms with Crippen LogP contribution in [0.3, 0.4) is 0 Å². The summed E-state index contributed by atoms with van der Waals surface area (Å²) in [6, 6.07) is 1.33. The van der Waals surface area contributed by atoms with Gasteiger partial charge in [-0.2, -0.15) is 0 Å². The monoisotopic (exact) mass is 255 g/mol. The molecule has 0 saturated heterocycles. The summed E-state index contributed by atoms with van der Waals surface area (Å²) >= 11 is 5.94. The third-order valence-corrected chi connectivity index (χ3v) is 2.41. The summed E-state index contributed by atoms with van der Waals surface area (Å²) in [7, 11) is 0. The van der Waals surface area contributed by atoms with Crippen LogP contribution in [-0.4, -0.2) is 4.98 Å². The molecule has 1 rings (SSSR count). The zero-order valence-corrected chi connectivity index (χ0v) is 7.36. The van der Waals surface area contributed by atoms with Crippen LogP contribution in [-0.2, 0) is 0 Å². The van der Waals surface area contributed by atoms with Gasteiger partial charge in [0.25, 0.3) is 0 Å². The minimum atomic E-state index is -0.347. The van der Waals surface area contributed by atoms with Gasteiger partial charge in [-0.05, 0) is 28.7 Å². The quantitative estimate of drug-likeness (QED) is 0.425. The fourth-order valence-corrected chi connectivity index (χ4v) is 0.888. The summed E-state index contributed by atoms with van der Waals surface area (Å²) in [6.07, 6.45) is 1.17. The van der Waals surface area contributed by atoms with Crippen molar-refractivity contribution in [3.05, 3.63) is 21.8 Å². The van der Waals surface area contributed by atoms with E-state index in [1.807, 2.05) is 22.6 Å². The summed E-state index contributed by atoms with van der Waals surface area (Å²) in [5.41, 5.74) is 0. The van der Waals surface area contributed by atoms with Crippen molar-refractivity contribution in [1.29, 1.82) is 0 Å². The van der Waals surface area contributed by atoms with Gasteiger partial charge in [0, 0.05) is 4.90 Å². The molecule has 0 aromatic carbocycles. The van der Waals surface area contributed by atoms with E-state index in [1.54, 1.807) is 0 Å². The van der Waals surface area contributed by atoms with Crippen LogP contribution in [0.15, 0.2) is 17.2 Å². The van der Waals surface area contributed by atoms with E-state index in [1.165, 1.54) is 12.3 Å². The van der Waals surface area contributed by atoms with E-state index in [4.69, 9.17) is 0 Å². The van der Waals surface area contributed by atoms with Crippen molar-refractivity contribution in [3.8, 4) is 0 Å². The summed E-state index contributed by atoms with van der Waals surface area (Å²) < 4.78 is 13.0. The van der Waals surface area contributed by atoms with Gasteiger partial charge in [0.05, 0.1) is 6.20 Å². The molecule has 48 valence electrons. The highest BCUT2D eigenvalue weighted by Gasteiger charge is 1.95. The van der Waals surface area contributed by atoms with Crippen molar-refractivity contribution in [1.82, 2.24) is 4.98 Å². The van der Waals surface area contributed by atoms with E-state index in [0.29, 0.717) is 4.90 Å². The van der Waals surface area contributed by atoms with Gasteiger partial charge in [-0.15, -0.1) is 12.6 Å². The Kier molecular flexibility index (Phi) is 2.29. The zero-order chi connectivity index (χ0) is 6.85. The molecule has 0 amide bonds. The normalized spacial score (nSPS) is 9.67. The lowest BCUT2D eigenvalue weighted by molar-refractivity contribution is 0.615. The summed E-state index contributed by atoms with van der Waals surface area (Å²) in [5.74, 6) is -0.347. The molecule has 0 bridgehead atoms. The van der Waals surface area contributed by atoms with E-state index in [0.717, 1.165) is 3.70 Å². The number of hydrogen-bond donors (Lipinski definition) is 1. The number of pyridine rings is 1. The van der Waals surface area contributed by atoms with Gasteiger partial charge >= 0.3 is 0 Å². The molecule has 0 radical (unpaired) electrons. The molecule has 1 heterocycles. The summed E-state index contributed by atoms with van der Waals surface area (Å²) in [5, 5.41) is 0. The summed E-state index contributed by atoms with van der Waals surface area (Å²) in [4.78, 5) is 4.29. The van der Waals surface area contributed by atoms with Gasteiger partial charge in [-0.1, -0.05) is 0 Å². The molecular weight excluding hydrogens is 252 g/mol. The highest BCUT2D eigenvalue weighted by atomic mass is 127. The van der Waals surface area contributed by atoms with Gasteiger partial charge in [-0.25, -0.2) is 9.37 Å². The first kappa shape index (κ1) is 7.27. The Hall–Kier alpha value is 0.160. The number of halogens is 2. The predicted molar refractivity (Wildman–Crippen MR) is 44.2 cm³/mol. The van der Waals surface area contributed by atoms with Crippen LogP contribution >= 0.6 is 35.2 Å². The largest absolute Gasteiger partial charge is 0.246 e. The summed E-state index contributed by atoms with van der Waals surface area (Å²) in [6.45, 7) is 0. The Morgan fingerprint density at radius 1 is 1.67 bits per heavy atom. The fraction of sp³-hybridized carbons (Fsp3) is 0. The first-order valence-electron chi connectivity index (χ1n) is 2.20. The van der Waals surface area contributed by atoms with E-state index in [-0.39, 0.29) is 5.82 Å². The maximum Gasteiger partial charge on any atom is 0.142 e. The van der Waals surface area contributed by atoms with Crippen LogP contribution in [0.4, 0.5) is 4.39 Å². The number of thiol groups is 1. The molecule has 9 heavy (non-hydrogen) atoms. The Bertz CT molecular complexity index is 228. The Labute approximate surface area is 71.2 Å². The Morgan fingerprint density at radius 3 is 2.78 bits per heavy atom. The molecule has 0 aliphatic heterocycles. The van der Waals surface area contributed by atoms with Crippen molar-refractivity contribution < 1.29 is 4.39 Å². The van der Waals surface area contributed by atoms with Crippen molar-refractivity contribution in [2.24, 2.45) is 0 Å². The molecule has 4 heteroatoms. The SMILES string of the molecule is Fc1cnc(I)c(S)c1. The van der Waals surface area contributed by atoms with Gasteiger partial charge in [-0.3, -0.25) is 0 Å². The minimum Gasteiger partial charge on any atom is -0.246 e. The van der Waals surface area contributed by atoms with Crippen LogP contribution < -0.4 is 0 Å². The Balaban J connectivity index is 3.17.